The Bertz CT molecular complexity index is 464. The SMILES string of the molecule is CCC(CN)=C(c1ccccc1)c1ccccc1. The van der Waals surface area contributed by atoms with Gasteiger partial charge >= 0.3 is 0 Å². The van der Waals surface area contributed by atoms with Crippen LogP contribution in [0.15, 0.2) is 66.2 Å². The number of hydrogen-bond acceptors (Lipinski definition) is 1. The minimum Gasteiger partial charge on any atom is -0.327 e. The van der Waals surface area contributed by atoms with Crippen molar-refractivity contribution in [1.82, 2.24) is 0 Å². The smallest absolute Gasteiger partial charge is 0.0146 e. The van der Waals surface area contributed by atoms with Gasteiger partial charge in [0, 0.05) is 6.54 Å². The lowest BCUT2D eigenvalue weighted by atomic mass is 9.92. The van der Waals surface area contributed by atoms with Crippen molar-refractivity contribution < 1.29 is 0 Å². The maximum atomic E-state index is 5.90. The Labute approximate surface area is 109 Å². The molecule has 0 saturated carbocycles. The molecule has 92 valence electrons. The highest BCUT2D eigenvalue weighted by molar-refractivity contribution is 5.82. The van der Waals surface area contributed by atoms with Crippen molar-refractivity contribution in [1.29, 1.82) is 0 Å². The van der Waals surface area contributed by atoms with Crippen LogP contribution in [0.4, 0.5) is 0 Å². The van der Waals surface area contributed by atoms with E-state index in [1.807, 2.05) is 12.1 Å². The molecule has 0 saturated heterocycles. The molecule has 0 amide bonds. The first-order valence-corrected chi connectivity index (χ1v) is 6.39. The van der Waals surface area contributed by atoms with E-state index in [-0.39, 0.29) is 0 Å². The standard InChI is InChI=1S/C17H19N/c1-2-14(13-18)17(15-9-5-3-6-10-15)16-11-7-4-8-12-16/h3-12H,2,13,18H2,1H3. The molecule has 1 heteroatoms. The molecule has 0 radical (unpaired) electrons. The van der Waals surface area contributed by atoms with Gasteiger partial charge in [0.05, 0.1) is 0 Å². The zero-order valence-electron chi connectivity index (χ0n) is 10.8. The number of benzene rings is 2. The summed E-state index contributed by atoms with van der Waals surface area (Å²) >= 11 is 0. The van der Waals surface area contributed by atoms with Gasteiger partial charge in [0.1, 0.15) is 0 Å². The number of hydrogen-bond donors (Lipinski definition) is 1. The van der Waals surface area contributed by atoms with Crippen LogP contribution in [-0.2, 0) is 0 Å². The van der Waals surface area contributed by atoms with E-state index < -0.39 is 0 Å². The molecule has 0 unspecified atom stereocenters. The molecule has 0 aromatic heterocycles. The minimum atomic E-state index is 0.607. The van der Waals surface area contributed by atoms with Crippen LogP contribution in [0, 0.1) is 0 Å². The van der Waals surface area contributed by atoms with Crippen molar-refractivity contribution >= 4 is 5.57 Å². The summed E-state index contributed by atoms with van der Waals surface area (Å²) in [6.07, 6.45) is 0.982. The summed E-state index contributed by atoms with van der Waals surface area (Å²) in [6.45, 7) is 2.77. The monoisotopic (exact) mass is 237 g/mol. The molecule has 0 spiro atoms. The molecule has 1 nitrogen and oxygen atoms in total. The summed E-state index contributed by atoms with van der Waals surface area (Å²) in [5.74, 6) is 0. The lowest BCUT2D eigenvalue weighted by molar-refractivity contribution is 1.01. The normalized spacial score (nSPS) is 10.1. The van der Waals surface area contributed by atoms with Crippen molar-refractivity contribution in [3.8, 4) is 0 Å². The first-order valence-electron chi connectivity index (χ1n) is 6.39. The highest BCUT2D eigenvalue weighted by Crippen LogP contribution is 2.27. The molecule has 0 bridgehead atoms. The molecule has 2 N–H and O–H groups in total. The van der Waals surface area contributed by atoms with Crippen molar-refractivity contribution in [2.45, 2.75) is 13.3 Å². The quantitative estimate of drug-likeness (QED) is 0.858. The molecule has 2 aromatic rings. The number of rotatable bonds is 4. The second kappa shape index (κ2) is 6.18. The summed E-state index contributed by atoms with van der Waals surface area (Å²) in [6, 6.07) is 21.0. The lowest BCUT2D eigenvalue weighted by Crippen LogP contribution is -2.06. The third kappa shape index (κ3) is 2.69. The fraction of sp³-hybridized carbons (Fsp3) is 0.176. The Morgan fingerprint density at radius 3 is 1.61 bits per heavy atom. The van der Waals surface area contributed by atoms with Crippen LogP contribution in [0.25, 0.3) is 5.57 Å². The van der Waals surface area contributed by atoms with Gasteiger partial charge in [-0.1, -0.05) is 67.6 Å². The van der Waals surface area contributed by atoms with Gasteiger partial charge in [-0.2, -0.15) is 0 Å². The molecule has 0 atom stereocenters. The van der Waals surface area contributed by atoms with E-state index in [4.69, 9.17) is 5.73 Å². The molecular weight excluding hydrogens is 218 g/mol. The van der Waals surface area contributed by atoms with Crippen molar-refractivity contribution in [2.24, 2.45) is 5.73 Å². The first-order chi connectivity index (χ1) is 8.86. The Morgan fingerprint density at radius 1 is 0.833 bits per heavy atom. The van der Waals surface area contributed by atoms with Gasteiger partial charge in [-0.3, -0.25) is 0 Å². The van der Waals surface area contributed by atoms with Crippen LogP contribution in [-0.4, -0.2) is 6.54 Å². The van der Waals surface area contributed by atoms with E-state index in [1.54, 1.807) is 0 Å². The molecular formula is C17H19N. The summed E-state index contributed by atoms with van der Waals surface area (Å²) < 4.78 is 0. The molecule has 2 rings (SSSR count). The molecule has 0 aliphatic carbocycles. The van der Waals surface area contributed by atoms with Crippen LogP contribution < -0.4 is 5.73 Å². The highest BCUT2D eigenvalue weighted by atomic mass is 14.5. The summed E-state index contributed by atoms with van der Waals surface area (Å²) in [7, 11) is 0. The average molecular weight is 237 g/mol. The maximum Gasteiger partial charge on any atom is 0.0146 e. The fourth-order valence-electron chi connectivity index (χ4n) is 2.21. The molecule has 0 fully saturated rings. The highest BCUT2D eigenvalue weighted by Gasteiger charge is 2.08. The van der Waals surface area contributed by atoms with Gasteiger partial charge in [0.2, 0.25) is 0 Å². The third-order valence-corrected chi connectivity index (χ3v) is 3.15. The van der Waals surface area contributed by atoms with Gasteiger partial charge in [-0.25, -0.2) is 0 Å². The topological polar surface area (TPSA) is 26.0 Å². The second-order valence-electron chi connectivity index (χ2n) is 4.27. The summed E-state index contributed by atoms with van der Waals surface area (Å²) in [5, 5.41) is 0. The minimum absolute atomic E-state index is 0.607. The predicted octanol–water partition coefficient (Wildman–Crippen LogP) is 3.86. The van der Waals surface area contributed by atoms with Crippen molar-refractivity contribution in [3.63, 3.8) is 0 Å². The van der Waals surface area contributed by atoms with Gasteiger partial charge in [0.15, 0.2) is 0 Å². The van der Waals surface area contributed by atoms with Crippen molar-refractivity contribution in [3.05, 3.63) is 77.4 Å². The number of nitrogens with two attached hydrogens (primary N) is 1. The van der Waals surface area contributed by atoms with Gasteiger partial charge in [-0.15, -0.1) is 0 Å². The van der Waals surface area contributed by atoms with Gasteiger partial charge in [0.25, 0.3) is 0 Å². The summed E-state index contributed by atoms with van der Waals surface area (Å²) in [4.78, 5) is 0. The predicted molar refractivity (Wildman–Crippen MR) is 78.3 cm³/mol. The molecule has 0 aliphatic rings. The van der Waals surface area contributed by atoms with E-state index in [9.17, 15) is 0 Å². The lowest BCUT2D eigenvalue weighted by Gasteiger charge is -2.14. The van der Waals surface area contributed by atoms with E-state index in [0.29, 0.717) is 6.54 Å². The van der Waals surface area contributed by atoms with Crippen LogP contribution in [0.1, 0.15) is 24.5 Å². The largest absolute Gasteiger partial charge is 0.327 e. The Kier molecular flexibility index (Phi) is 4.32. The van der Waals surface area contributed by atoms with Crippen LogP contribution in [0.3, 0.4) is 0 Å². The Morgan fingerprint density at radius 2 is 1.28 bits per heavy atom. The molecule has 18 heavy (non-hydrogen) atoms. The van der Waals surface area contributed by atoms with E-state index in [2.05, 4.69) is 55.5 Å². The zero-order valence-corrected chi connectivity index (χ0v) is 10.8. The fourth-order valence-corrected chi connectivity index (χ4v) is 2.21. The first kappa shape index (κ1) is 12.6. The van der Waals surface area contributed by atoms with Crippen LogP contribution in [0.5, 0.6) is 0 Å². The van der Waals surface area contributed by atoms with E-state index >= 15 is 0 Å². The van der Waals surface area contributed by atoms with Crippen LogP contribution in [0.2, 0.25) is 0 Å². The second-order valence-corrected chi connectivity index (χ2v) is 4.27. The Balaban J connectivity index is 2.59. The third-order valence-electron chi connectivity index (χ3n) is 3.15. The Hall–Kier alpha value is -1.86. The zero-order chi connectivity index (χ0) is 12.8. The van der Waals surface area contributed by atoms with Crippen molar-refractivity contribution in [2.75, 3.05) is 6.54 Å². The average Bonchev–Trinajstić information content (AvgIpc) is 2.46. The molecule has 0 aliphatic heterocycles. The maximum absolute atomic E-state index is 5.90. The van der Waals surface area contributed by atoms with Crippen LogP contribution >= 0.6 is 0 Å². The van der Waals surface area contributed by atoms with E-state index in [0.717, 1.165) is 6.42 Å². The van der Waals surface area contributed by atoms with Gasteiger partial charge < -0.3 is 5.73 Å². The summed E-state index contributed by atoms with van der Waals surface area (Å²) in [5.41, 5.74) is 11.0. The van der Waals surface area contributed by atoms with E-state index in [1.165, 1.54) is 22.3 Å². The molecule has 2 aromatic carbocycles. The molecule has 0 heterocycles. The van der Waals surface area contributed by atoms with Gasteiger partial charge in [-0.05, 0) is 28.7 Å².